The van der Waals surface area contributed by atoms with Crippen LogP contribution in [-0.2, 0) is 21.0 Å². The number of hydrogen-bond acceptors (Lipinski definition) is 8. The molecule has 3 aliphatic heterocycles. The molecular formula is C56H39Cl4O8S. The van der Waals surface area contributed by atoms with Gasteiger partial charge in [-0.15, -0.1) is 0 Å². The lowest BCUT2D eigenvalue weighted by Gasteiger charge is -2.29. The monoisotopic (exact) mass is 1010 g/mol. The number of ether oxygens (including phenoxy) is 6. The van der Waals surface area contributed by atoms with Crippen molar-refractivity contribution < 1.29 is 36.8 Å². The van der Waals surface area contributed by atoms with E-state index in [1.807, 2.05) is 78.9 Å². The highest BCUT2D eigenvalue weighted by atomic mass is 35.5. The van der Waals surface area contributed by atoms with Crippen molar-refractivity contribution in [1.29, 1.82) is 0 Å². The maximum Gasteiger partial charge on any atom is 0.307 e. The van der Waals surface area contributed by atoms with Gasteiger partial charge in [-0.05, 0) is 135 Å². The fraction of sp³-hybridized carbons (Fsp3) is 0.143. The van der Waals surface area contributed by atoms with Gasteiger partial charge in [-0.3, -0.25) is 0 Å². The first-order chi connectivity index (χ1) is 33.0. The van der Waals surface area contributed by atoms with Crippen molar-refractivity contribution in [1.82, 2.24) is 0 Å². The first-order valence-electron chi connectivity index (χ1n) is 21.8. The lowest BCUT2D eigenvalue weighted by Crippen LogP contribution is -2.37. The zero-order valence-corrected chi connectivity index (χ0v) is 41.2. The molecule has 0 aromatic heterocycles. The van der Waals surface area contributed by atoms with Gasteiger partial charge in [-0.2, -0.15) is 0 Å². The molecule has 8 aromatic carbocycles. The summed E-state index contributed by atoms with van der Waals surface area (Å²) in [6.45, 7) is 6.63. The number of hydrogen-bond donors (Lipinski definition) is 0. The molecule has 13 heteroatoms. The van der Waals surface area contributed by atoms with Crippen LogP contribution < -0.4 is 28.4 Å². The zero-order valence-electron chi connectivity index (χ0n) is 37.3. The number of sulfone groups is 1. The maximum atomic E-state index is 12.2. The molecule has 345 valence electrons. The lowest BCUT2D eigenvalue weighted by atomic mass is 9.81. The largest absolute Gasteiger partial charge is 0.454 e. The van der Waals surface area contributed by atoms with Crippen LogP contribution in [0.1, 0.15) is 49.3 Å². The van der Waals surface area contributed by atoms with E-state index in [0.717, 1.165) is 38.9 Å². The summed E-state index contributed by atoms with van der Waals surface area (Å²) in [5.74, 6) is 1.48. The molecule has 3 aliphatic rings. The van der Waals surface area contributed by atoms with Crippen LogP contribution >= 0.6 is 46.4 Å². The van der Waals surface area contributed by atoms with Gasteiger partial charge >= 0.3 is 5.79 Å². The van der Waals surface area contributed by atoms with Gasteiger partial charge in [0.2, 0.25) is 6.79 Å². The minimum Gasteiger partial charge on any atom is -0.454 e. The van der Waals surface area contributed by atoms with Gasteiger partial charge in [0.25, 0.3) is 6.29 Å². The van der Waals surface area contributed by atoms with E-state index < -0.39 is 21.9 Å². The molecule has 8 aromatic rings. The van der Waals surface area contributed by atoms with Crippen LogP contribution in [-0.4, -0.2) is 21.5 Å². The molecule has 1 radical (unpaired) electrons. The second-order valence-electron chi connectivity index (χ2n) is 18.0. The van der Waals surface area contributed by atoms with Gasteiger partial charge in [0.15, 0.2) is 44.3 Å². The molecule has 2 unspecified atom stereocenters. The van der Waals surface area contributed by atoms with Crippen molar-refractivity contribution in [2.24, 2.45) is 0 Å². The molecule has 69 heavy (non-hydrogen) atoms. The minimum atomic E-state index is -3.40. The molecule has 0 N–H and O–H groups in total. The van der Waals surface area contributed by atoms with Gasteiger partial charge in [0.1, 0.15) is 0 Å². The van der Waals surface area contributed by atoms with Crippen LogP contribution in [0.15, 0.2) is 150 Å². The quantitative estimate of drug-likeness (QED) is 0.149. The van der Waals surface area contributed by atoms with Gasteiger partial charge in [0, 0.05) is 39.1 Å². The van der Waals surface area contributed by atoms with Gasteiger partial charge in [-0.1, -0.05) is 128 Å². The third-order valence-electron chi connectivity index (χ3n) is 12.4. The zero-order chi connectivity index (χ0) is 48.0. The molecule has 2 atom stereocenters. The predicted molar refractivity (Wildman–Crippen MR) is 270 cm³/mol. The summed E-state index contributed by atoms with van der Waals surface area (Å²) in [7, 11) is -3.40. The number of benzene rings is 8. The topological polar surface area (TPSA) is 89.5 Å². The highest BCUT2D eigenvalue weighted by Gasteiger charge is 2.48. The SMILES string of the molecule is CC(C)(C)c1ccc(-c2c(-c3cccc(Cl)c3)c(Cl)[c]c(-c3ccc4c(c3)OC(c3ccc5c(c3)OCO5)(c3ccc(Cl)cc3Cl)O4)c2-c2ccc3c(c2)OC(c2ccc(S(C)(=O)=O)cc2)O3)cc1. The van der Waals surface area contributed by atoms with Gasteiger partial charge in [-0.25, -0.2) is 8.42 Å². The van der Waals surface area contributed by atoms with E-state index in [2.05, 4.69) is 51.1 Å². The second kappa shape index (κ2) is 17.0. The Bertz CT molecular complexity index is 3500. The summed E-state index contributed by atoms with van der Waals surface area (Å²) >= 11 is 27.6. The Morgan fingerprint density at radius 1 is 0.580 bits per heavy atom. The van der Waals surface area contributed by atoms with Crippen molar-refractivity contribution in [3.63, 3.8) is 0 Å². The second-order valence-corrected chi connectivity index (χ2v) is 21.7. The van der Waals surface area contributed by atoms with Crippen molar-refractivity contribution in [2.45, 2.75) is 43.2 Å². The fourth-order valence-electron chi connectivity index (χ4n) is 8.96. The Morgan fingerprint density at radius 2 is 1.23 bits per heavy atom. The maximum absolute atomic E-state index is 12.2. The van der Waals surface area contributed by atoms with Crippen molar-refractivity contribution >= 4 is 56.2 Å². The Morgan fingerprint density at radius 3 is 1.97 bits per heavy atom. The Hall–Kier alpha value is -6.33. The number of halogens is 4. The predicted octanol–water partition coefficient (Wildman–Crippen LogP) is 15.3. The van der Waals surface area contributed by atoms with Crippen LogP contribution in [0, 0.1) is 6.07 Å². The van der Waals surface area contributed by atoms with Gasteiger partial charge in [0.05, 0.1) is 20.5 Å². The number of rotatable bonds is 8. The summed E-state index contributed by atoms with van der Waals surface area (Å²) in [6.07, 6.45) is 0.352. The summed E-state index contributed by atoms with van der Waals surface area (Å²) in [5.41, 5.74) is 9.00. The molecular weight excluding hydrogens is 974 g/mol. The molecule has 8 nitrogen and oxygen atoms in total. The van der Waals surface area contributed by atoms with Crippen molar-refractivity contribution in [2.75, 3.05) is 13.0 Å². The van der Waals surface area contributed by atoms with Crippen LogP contribution in [0.25, 0.3) is 44.5 Å². The molecule has 0 saturated carbocycles. The molecule has 0 fully saturated rings. The Balaban J connectivity index is 1.10. The van der Waals surface area contributed by atoms with E-state index in [0.29, 0.717) is 82.4 Å². The summed E-state index contributed by atoms with van der Waals surface area (Å²) in [5, 5.41) is 1.70. The normalized spacial score (nSPS) is 16.8. The fourth-order valence-corrected chi connectivity index (χ4v) is 10.6. The van der Waals surface area contributed by atoms with E-state index in [-0.39, 0.29) is 17.1 Å². The van der Waals surface area contributed by atoms with Crippen LogP contribution in [0.3, 0.4) is 0 Å². The lowest BCUT2D eigenvalue weighted by molar-refractivity contribution is -0.0459. The van der Waals surface area contributed by atoms with Crippen molar-refractivity contribution in [3.8, 4) is 79.0 Å². The van der Waals surface area contributed by atoms with Gasteiger partial charge < -0.3 is 28.4 Å². The highest BCUT2D eigenvalue weighted by molar-refractivity contribution is 7.90. The molecule has 3 heterocycles. The highest BCUT2D eigenvalue weighted by Crippen LogP contribution is 2.55. The van der Waals surface area contributed by atoms with Crippen LogP contribution in [0.5, 0.6) is 34.5 Å². The smallest absolute Gasteiger partial charge is 0.307 e. The summed E-state index contributed by atoms with van der Waals surface area (Å²) < 4.78 is 62.6. The summed E-state index contributed by atoms with van der Waals surface area (Å²) in [6, 6.07) is 48.4. The van der Waals surface area contributed by atoms with E-state index in [1.165, 1.54) is 6.26 Å². The van der Waals surface area contributed by atoms with Crippen molar-refractivity contribution in [3.05, 3.63) is 194 Å². The average molecular weight is 1010 g/mol. The van der Waals surface area contributed by atoms with E-state index in [4.69, 9.17) is 74.8 Å². The molecule has 0 amide bonds. The molecule has 11 rings (SSSR count). The first kappa shape index (κ1) is 45.1. The molecule has 0 bridgehead atoms. The first-order valence-corrected chi connectivity index (χ1v) is 25.2. The molecule has 0 aliphatic carbocycles. The standard InChI is InChI=1S/C56H39Cl4O8S/c1-55(2,3)36-14-8-31(9-15-36)53-51(35-13-21-46-49(26-35)66-54(65-46)32-10-18-40(19-11-32)69(4,61)62)41(29-44(60)52(53)34-6-5-7-38(57)24-34)33-12-22-47-50(25-33)68-56(67-47,42-20-17-39(58)28-43(42)59)37-16-23-45-48(27-37)64-30-63-45/h5-28,54H,30H2,1-4H3. The van der Waals surface area contributed by atoms with E-state index in [1.54, 1.807) is 42.5 Å². The van der Waals surface area contributed by atoms with Crippen LogP contribution in [0.2, 0.25) is 20.1 Å². The van der Waals surface area contributed by atoms with Crippen LogP contribution in [0.4, 0.5) is 0 Å². The third-order valence-corrected chi connectivity index (χ3v) is 14.6. The van der Waals surface area contributed by atoms with E-state index >= 15 is 0 Å². The number of fused-ring (bicyclic) bond motifs is 3. The van der Waals surface area contributed by atoms with E-state index in [9.17, 15) is 8.42 Å². The minimum absolute atomic E-state index is 0.0873. The molecule has 0 spiro atoms. The summed E-state index contributed by atoms with van der Waals surface area (Å²) in [4.78, 5) is 0.199. The Kier molecular flexibility index (Phi) is 11.1. The third kappa shape index (κ3) is 8.20. The molecule has 0 saturated heterocycles. The Labute approximate surface area is 419 Å². The average Bonchev–Trinajstić information content (AvgIpc) is 4.08.